The zero-order valence-corrected chi connectivity index (χ0v) is 15.5. The molecule has 2 N–H and O–H groups in total. The van der Waals surface area contributed by atoms with Gasteiger partial charge in [0, 0.05) is 10.7 Å². The molecular formula is C19H18ClFN2O4. The van der Waals surface area contributed by atoms with Crippen molar-refractivity contribution in [3.8, 4) is 0 Å². The number of aryl methyl sites for hydroxylation is 1. The number of rotatable bonds is 6. The Morgan fingerprint density at radius 1 is 1.11 bits per heavy atom. The van der Waals surface area contributed by atoms with Crippen LogP contribution in [0.4, 0.5) is 10.1 Å². The maximum absolute atomic E-state index is 13.4. The summed E-state index contributed by atoms with van der Waals surface area (Å²) in [6.07, 6.45) is 0. The number of carbonyl (C=O) groups excluding carboxylic acids is 3. The van der Waals surface area contributed by atoms with E-state index >= 15 is 0 Å². The van der Waals surface area contributed by atoms with E-state index in [0.717, 1.165) is 6.07 Å². The fourth-order valence-electron chi connectivity index (χ4n) is 2.10. The quantitative estimate of drug-likeness (QED) is 0.740. The highest BCUT2D eigenvalue weighted by atomic mass is 35.5. The molecule has 27 heavy (non-hydrogen) atoms. The van der Waals surface area contributed by atoms with E-state index in [4.69, 9.17) is 16.3 Å². The summed E-state index contributed by atoms with van der Waals surface area (Å²) in [4.78, 5) is 35.4. The van der Waals surface area contributed by atoms with Crippen molar-refractivity contribution in [3.05, 3.63) is 63.9 Å². The van der Waals surface area contributed by atoms with E-state index in [-0.39, 0.29) is 12.1 Å². The summed E-state index contributed by atoms with van der Waals surface area (Å²) in [5.41, 5.74) is 1.64. The molecule has 0 aromatic heterocycles. The van der Waals surface area contributed by atoms with E-state index < -0.39 is 30.2 Å². The average molecular weight is 393 g/mol. The van der Waals surface area contributed by atoms with Crippen molar-refractivity contribution >= 4 is 35.1 Å². The maximum atomic E-state index is 13.4. The molecule has 2 aromatic carbocycles. The minimum atomic E-state index is -0.831. The number of halogens is 2. The van der Waals surface area contributed by atoms with Crippen molar-refractivity contribution in [1.29, 1.82) is 0 Å². The second-order valence-electron chi connectivity index (χ2n) is 5.78. The number of hydrogen-bond acceptors (Lipinski definition) is 4. The number of anilines is 1. The first-order valence-corrected chi connectivity index (χ1v) is 8.40. The minimum Gasteiger partial charge on any atom is -0.452 e. The monoisotopic (exact) mass is 392 g/mol. The van der Waals surface area contributed by atoms with Crippen LogP contribution in [0.3, 0.4) is 0 Å². The Bertz CT molecular complexity index is 886. The minimum absolute atomic E-state index is 0.0000690. The van der Waals surface area contributed by atoms with Gasteiger partial charge in [-0.3, -0.25) is 9.59 Å². The molecule has 0 spiro atoms. The van der Waals surface area contributed by atoms with E-state index in [9.17, 15) is 18.8 Å². The Balaban J connectivity index is 1.78. The Morgan fingerprint density at radius 2 is 1.85 bits per heavy atom. The molecule has 2 rings (SSSR count). The lowest BCUT2D eigenvalue weighted by Crippen LogP contribution is -2.35. The molecule has 0 unspecified atom stereocenters. The van der Waals surface area contributed by atoms with Crippen LogP contribution in [0.2, 0.25) is 5.02 Å². The van der Waals surface area contributed by atoms with Crippen molar-refractivity contribution in [2.24, 2.45) is 0 Å². The molecule has 8 heteroatoms. The van der Waals surface area contributed by atoms with Crippen LogP contribution in [-0.2, 0) is 14.3 Å². The third-order valence-corrected chi connectivity index (χ3v) is 4.14. The number of esters is 1. The molecule has 142 valence electrons. The van der Waals surface area contributed by atoms with Crippen LogP contribution in [0.5, 0.6) is 0 Å². The van der Waals surface area contributed by atoms with Gasteiger partial charge in [-0.05, 0) is 49.2 Å². The first-order valence-electron chi connectivity index (χ1n) is 8.03. The average Bonchev–Trinajstić information content (AvgIpc) is 2.64. The van der Waals surface area contributed by atoms with Crippen LogP contribution in [0, 0.1) is 19.7 Å². The summed E-state index contributed by atoms with van der Waals surface area (Å²) in [6, 6.07) is 8.95. The number of ether oxygens (including phenoxy) is 1. The molecule has 0 aliphatic heterocycles. The van der Waals surface area contributed by atoms with Gasteiger partial charge in [-0.1, -0.05) is 23.7 Å². The van der Waals surface area contributed by atoms with Crippen LogP contribution in [-0.4, -0.2) is 30.9 Å². The van der Waals surface area contributed by atoms with Gasteiger partial charge in [-0.15, -0.1) is 0 Å². The number of amides is 2. The van der Waals surface area contributed by atoms with E-state index in [0.29, 0.717) is 21.8 Å². The standard InChI is InChI=1S/C19H18ClFN2O4/c1-11-6-7-13(8-15(11)21)19(26)27-10-18(25)22-9-17(24)23-16-5-3-4-14(20)12(16)2/h3-8H,9-10H2,1-2H3,(H,22,25)(H,23,24). The van der Waals surface area contributed by atoms with E-state index in [1.54, 1.807) is 32.0 Å². The number of hydrogen-bond donors (Lipinski definition) is 2. The SMILES string of the molecule is Cc1ccc(C(=O)OCC(=O)NCC(=O)Nc2cccc(Cl)c2C)cc1F. The normalized spacial score (nSPS) is 10.2. The van der Waals surface area contributed by atoms with Crippen LogP contribution in [0.1, 0.15) is 21.5 Å². The van der Waals surface area contributed by atoms with Crippen molar-refractivity contribution < 1.29 is 23.5 Å². The molecule has 2 amide bonds. The molecule has 0 heterocycles. The first kappa shape index (κ1) is 20.4. The summed E-state index contributed by atoms with van der Waals surface area (Å²) in [7, 11) is 0. The van der Waals surface area contributed by atoms with Crippen molar-refractivity contribution in [2.45, 2.75) is 13.8 Å². The van der Waals surface area contributed by atoms with Gasteiger partial charge in [0.05, 0.1) is 12.1 Å². The summed E-state index contributed by atoms with van der Waals surface area (Å²) in [6.45, 7) is 2.43. The Hall–Kier alpha value is -2.93. The predicted octanol–water partition coefficient (Wildman–Crippen LogP) is 3.01. The molecule has 2 aromatic rings. The van der Waals surface area contributed by atoms with E-state index in [1.165, 1.54) is 12.1 Å². The van der Waals surface area contributed by atoms with Gasteiger partial charge < -0.3 is 15.4 Å². The molecule has 0 bridgehead atoms. The van der Waals surface area contributed by atoms with Crippen LogP contribution in [0.25, 0.3) is 0 Å². The van der Waals surface area contributed by atoms with E-state index in [2.05, 4.69) is 10.6 Å². The Morgan fingerprint density at radius 3 is 2.56 bits per heavy atom. The number of nitrogens with one attached hydrogen (secondary N) is 2. The lowest BCUT2D eigenvalue weighted by molar-refractivity contribution is -0.126. The highest BCUT2D eigenvalue weighted by Crippen LogP contribution is 2.22. The van der Waals surface area contributed by atoms with Crippen molar-refractivity contribution in [1.82, 2.24) is 5.32 Å². The molecule has 0 radical (unpaired) electrons. The number of benzene rings is 2. The van der Waals surface area contributed by atoms with Gasteiger partial charge >= 0.3 is 5.97 Å². The maximum Gasteiger partial charge on any atom is 0.338 e. The number of carbonyl (C=O) groups is 3. The fourth-order valence-corrected chi connectivity index (χ4v) is 2.28. The highest BCUT2D eigenvalue weighted by Gasteiger charge is 2.13. The van der Waals surface area contributed by atoms with Crippen LogP contribution < -0.4 is 10.6 Å². The lowest BCUT2D eigenvalue weighted by atomic mass is 10.1. The van der Waals surface area contributed by atoms with Gasteiger partial charge in [-0.2, -0.15) is 0 Å². The van der Waals surface area contributed by atoms with Gasteiger partial charge in [0.25, 0.3) is 5.91 Å². The summed E-state index contributed by atoms with van der Waals surface area (Å²) >= 11 is 5.97. The van der Waals surface area contributed by atoms with Crippen molar-refractivity contribution in [2.75, 3.05) is 18.5 Å². The van der Waals surface area contributed by atoms with Gasteiger partial charge in [0.2, 0.25) is 5.91 Å². The summed E-state index contributed by atoms with van der Waals surface area (Å²) in [5, 5.41) is 5.46. The van der Waals surface area contributed by atoms with Crippen LogP contribution in [0.15, 0.2) is 36.4 Å². The fraction of sp³-hybridized carbons (Fsp3) is 0.211. The predicted molar refractivity (Wildman–Crippen MR) is 99.2 cm³/mol. The van der Waals surface area contributed by atoms with Gasteiger partial charge in [0.1, 0.15) is 5.82 Å². The first-order chi connectivity index (χ1) is 12.8. The molecule has 0 atom stereocenters. The zero-order valence-electron chi connectivity index (χ0n) is 14.8. The molecule has 0 aliphatic carbocycles. The molecule has 0 aliphatic rings. The summed E-state index contributed by atoms with van der Waals surface area (Å²) < 4.78 is 18.2. The Kier molecular flexibility index (Phi) is 6.90. The summed E-state index contributed by atoms with van der Waals surface area (Å²) in [5.74, 6) is -2.49. The molecule has 0 fully saturated rings. The van der Waals surface area contributed by atoms with Crippen molar-refractivity contribution in [3.63, 3.8) is 0 Å². The van der Waals surface area contributed by atoms with Gasteiger partial charge in [0.15, 0.2) is 6.61 Å². The second-order valence-corrected chi connectivity index (χ2v) is 6.18. The van der Waals surface area contributed by atoms with Gasteiger partial charge in [-0.25, -0.2) is 9.18 Å². The molecule has 6 nitrogen and oxygen atoms in total. The smallest absolute Gasteiger partial charge is 0.338 e. The third-order valence-electron chi connectivity index (χ3n) is 3.73. The topological polar surface area (TPSA) is 84.5 Å². The Labute approximate surface area is 160 Å². The molecular weight excluding hydrogens is 375 g/mol. The third kappa shape index (κ3) is 5.79. The molecule has 0 saturated carbocycles. The molecule has 0 saturated heterocycles. The second kappa shape index (κ2) is 9.14. The lowest BCUT2D eigenvalue weighted by Gasteiger charge is -2.10. The zero-order chi connectivity index (χ0) is 20.0. The largest absolute Gasteiger partial charge is 0.452 e. The van der Waals surface area contributed by atoms with E-state index in [1.807, 2.05) is 0 Å². The van der Waals surface area contributed by atoms with Crippen LogP contribution >= 0.6 is 11.6 Å². The highest BCUT2D eigenvalue weighted by molar-refractivity contribution is 6.31.